The van der Waals surface area contributed by atoms with Crippen LogP contribution in [0.5, 0.6) is 11.5 Å². The van der Waals surface area contributed by atoms with Crippen LogP contribution in [0.1, 0.15) is 68.2 Å². The van der Waals surface area contributed by atoms with Gasteiger partial charge < -0.3 is 19.0 Å². The van der Waals surface area contributed by atoms with Gasteiger partial charge in [-0.3, -0.25) is 9.59 Å². The molecule has 1 aromatic rings. The van der Waals surface area contributed by atoms with Crippen LogP contribution in [0.25, 0.3) is 0 Å². The maximum absolute atomic E-state index is 13.6. The highest BCUT2D eigenvalue weighted by Gasteiger charge is 2.43. The van der Waals surface area contributed by atoms with E-state index in [1.807, 2.05) is 0 Å². The fourth-order valence-corrected chi connectivity index (χ4v) is 4.64. The van der Waals surface area contributed by atoms with Crippen LogP contribution in [0, 0.1) is 0 Å². The molecule has 0 radical (unpaired) electrons. The van der Waals surface area contributed by atoms with Crippen LogP contribution in [0.3, 0.4) is 0 Å². The molecular formula is C24H36O6Si. The molecule has 31 heavy (non-hydrogen) atoms. The fourth-order valence-electron chi connectivity index (χ4n) is 3.33. The molecule has 0 amide bonds. The quantitative estimate of drug-likeness (QED) is 0.567. The second-order valence-electron chi connectivity index (χ2n) is 10.2. The third kappa shape index (κ3) is 5.45. The number of benzene rings is 1. The molecule has 0 fully saturated rings. The lowest BCUT2D eigenvalue weighted by molar-refractivity contribution is 0.0546. The van der Waals surface area contributed by atoms with Crippen LogP contribution >= 0.6 is 0 Å². The van der Waals surface area contributed by atoms with Crippen molar-refractivity contribution in [3.63, 3.8) is 0 Å². The summed E-state index contributed by atoms with van der Waals surface area (Å²) in [5, 5.41) is 10.2. The zero-order valence-electron chi connectivity index (χ0n) is 20.2. The van der Waals surface area contributed by atoms with E-state index in [1.54, 1.807) is 26.0 Å². The topological polar surface area (TPSA) is 82.1 Å². The molecule has 1 aromatic carbocycles. The van der Waals surface area contributed by atoms with Gasteiger partial charge in [0, 0.05) is 5.57 Å². The van der Waals surface area contributed by atoms with Crippen molar-refractivity contribution in [1.29, 1.82) is 0 Å². The monoisotopic (exact) mass is 448 g/mol. The molecular weight excluding hydrogens is 412 g/mol. The minimum atomic E-state index is -2.27. The van der Waals surface area contributed by atoms with E-state index < -0.39 is 20.0 Å². The Balaban J connectivity index is 2.57. The SMILES string of the molecule is COc1ccc(OC)c2c1C(=O)C=C([C@H](CCC(C)(C)O)O[Si](C)(C)C(C)(C)C)C2=O. The summed E-state index contributed by atoms with van der Waals surface area (Å²) in [4.78, 5) is 26.7. The van der Waals surface area contributed by atoms with Gasteiger partial charge in [0.2, 0.25) is 0 Å². The molecule has 0 saturated carbocycles. The summed E-state index contributed by atoms with van der Waals surface area (Å²) in [6.45, 7) is 14.0. The van der Waals surface area contributed by atoms with Gasteiger partial charge in [-0.2, -0.15) is 0 Å². The Bertz CT molecular complexity index is 887. The van der Waals surface area contributed by atoms with Crippen molar-refractivity contribution in [3.05, 3.63) is 34.9 Å². The molecule has 0 saturated heterocycles. The van der Waals surface area contributed by atoms with Crippen molar-refractivity contribution in [2.75, 3.05) is 14.2 Å². The Kier molecular flexibility index (Phi) is 7.25. The summed E-state index contributed by atoms with van der Waals surface area (Å²) in [6.07, 6.45) is 1.61. The van der Waals surface area contributed by atoms with Gasteiger partial charge in [-0.05, 0) is 63.0 Å². The van der Waals surface area contributed by atoms with E-state index in [4.69, 9.17) is 13.9 Å². The maximum atomic E-state index is 13.6. The highest BCUT2D eigenvalue weighted by molar-refractivity contribution is 6.74. The van der Waals surface area contributed by atoms with Crippen molar-refractivity contribution < 1.29 is 28.6 Å². The highest BCUT2D eigenvalue weighted by atomic mass is 28.4. The van der Waals surface area contributed by atoms with E-state index in [2.05, 4.69) is 33.9 Å². The van der Waals surface area contributed by atoms with Crippen molar-refractivity contribution in [2.45, 2.75) is 77.3 Å². The summed E-state index contributed by atoms with van der Waals surface area (Å²) in [5.41, 5.74) is -0.199. The molecule has 172 valence electrons. The molecule has 1 aliphatic rings. The second-order valence-corrected chi connectivity index (χ2v) is 15.0. The Morgan fingerprint density at radius 1 is 0.968 bits per heavy atom. The number of Topliss-reactive ketones (excluding diaryl/α,β-unsaturated/α-hetero) is 1. The number of carbonyl (C=O) groups excluding carboxylic acids is 2. The average molecular weight is 449 g/mol. The van der Waals surface area contributed by atoms with Crippen LogP contribution < -0.4 is 9.47 Å². The largest absolute Gasteiger partial charge is 0.496 e. The van der Waals surface area contributed by atoms with E-state index in [9.17, 15) is 14.7 Å². The summed E-state index contributed by atoms with van der Waals surface area (Å²) >= 11 is 0. The molecule has 2 rings (SSSR count). The molecule has 0 aliphatic heterocycles. The molecule has 1 N–H and O–H groups in total. The number of methoxy groups -OCH3 is 2. The first-order valence-corrected chi connectivity index (χ1v) is 13.5. The van der Waals surface area contributed by atoms with Crippen LogP contribution in [0.4, 0.5) is 0 Å². The van der Waals surface area contributed by atoms with Crippen LogP contribution in [0.2, 0.25) is 18.1 Å². The molecule has 7 heteroatoms. The first-order chi connectivity index (χ1) is 14.1. The molecule has 1 atom stereocenters. The maximum Gasteiger partial charge on any atom is 0.196 e. The number of allylic oxidation sites excluding steroid dienone is 1. The summed E-state index contributed by atoms with van der Waals surface area (Å²) < 4.78 is 17.3. The third-order valence-corrected chi connectivity index (χ3v) is 10.7. The lowest BCUT2D eigenvalue weighted by Crippen LogP contribution is -2.46. The minimum absolute atomic E-state index is 0.0823. The number of aliphatic hydroxyl groups is 1. The summed E-state index contributed by atoms with van der Waals surface area (Å²) in [7, 11) is 0.659. The first kappa shape index (κ1) is 25.3. The molecule has 0 bridgehead atoms. The molecule has 1 aliphatic carbocycles. The van der Waals surface area contributed by atoms with E-state index in [0.29, 0.717) is 29.9 Å². The molecule has 0 heterocycles. The molecule has 0 aromatic heterocycles. The van der Waals surface area contributed by atoms with Gasteiger partial charge in [-0.1, -0.05) is 20.8 Å². The van der Waals surface area contributed by atoms with Crippen LogP contribution in [-0.2, 0) is 4.43 Å². The van der Waals surface area contributed by atoms with Gasteiger partial charge >= 0.3 is 0 Å². The minimum Gasteiger partial charge on any atom is -0.496 e. The van der Waals surface area contributed by atoms with Crippen LogP contribution in [-0.4, -0.2) is 50.9 Å². The fraction of sp³-hybridized carbons (Fsp3) is 0.583. The number of fused-ring (bicyclic) bond motifs is 1. The van der Waals surface area contributed by atoms with Gasteiger partial charge in [0.25, 0.3) is 0 Å². The zero-order chi connectivity index (χ0) is 23.8. The van der Waals surface area contributed by atoms with E-state index in [0.717, 1.165) is 0 Å². The first-order valence-electron chi connectivity index (χ1n) is 10.6. The predicted octanol–water partition coefficient (Wildman–Crippen LogP) is 4.95. The average Bonchev–Trinajstić information content (AvgIpc) is 2.65. The normalized spacial score (nSPS) is 16.0. The summed E-state index contributed by atoms with van der Waals surface area (Å²) in [5.74, 6) is 0.0494. The molecule has 0 spiro atoms. The third-order valence-electron chi connectivity index (χ3n) is 6.20. The standard InChI is InChI=1S/C24H36O6Si/c1-23(2,3)31(8,9)30-17(12-13-24(4,5)27)15-14-16(25)20-18(28-6)10-11-19(29-7)21(20)22(15)26/h10-11,14,17,27H,12-13H2,1-9H3/t17-/m0/s1. The number of ether oxygens (including phenoxy) is 2. The second kappa shape index (κ2) is 8.88. The predicted molar refractivity (Wildman–Crippen MR) is 124 cm³/mol. The Morgan fingerprint density at radius 3 is 1.94 bits per heavy atom. The van der Waals surface area contributed by atoms with Gasteiger partial charge in [0.1, 0.15) is 11.5 Å². The van der Waals surface area contributed by atoms with Crippen LogP contribution in [0.15, 0.2) is 23.8 Å². The van der Waals surface area contributed by atoms with E-state index in [1.165, 1.54) is 20.3 Å². The van der Waals surface area contributed by atoms with Crippen molar-refractivity contribution in [2.24, 2.45) is 0 Å². The van der Waals surface area contributed by atoms with Gasteiger partial charge in [0.15, 0.2) is 19.9 Å². The lowest BCUT2D eigenvalue weighted by Gasteiger charge is -2.40. The Morgan fingerprint density at radius 2 is 1.48 bits per heavy atom. The van der Waals surface area contributed by atoms with E-state index in [-0.39, 0.29) is 27.7 Å². The molecule has 0 unspecified atom stereocenters. The van der Waals surface area contributed by atoms with Crippen molar-refractivity contribution in [3.8, 4) is 11.5 Å². The van der Waals surface area contributed by atoms with Gasteiger partial charge in [-0.15, -0.1) is 0 Å². The molecule has 6 nitrogen and oxygen atoms in total. The zero-order valence-corrected chi connectivity index (χ0v) is 21.2. The lowest BCUT2D eigenvalue weighted by atomic mass is 9.84. The van der Waals surface area contributed by atoms with Crippen molar-refractivity contribution in [1.82, 2.24) is 0 Å². The Hall–Kier alpha value is -1.96. The number of rotatable bonds is 8. The number of hydrogen-bond acceptors (Lipinski definition) is 6. The Labute approximate surface area is 186 Å². The smallest absolute Gasteiger partial charge is 0.196 e. The van der Waals surface area contributed by atoms with Gasteiger partial charge in [-0.25, -0.2) is 0 Å². The van der Waals surface area contributed by atoms with E-state index >= 15 is 0 Å². The number of hydrogen-bond donors (Lipinski definition) is 1. The number of ketones is 2. The highest BCUT2D eigenvalue weighted by Crippen LogP contribution is 2.42. The van der Waals surface area contributed by atoms with Crippen molar-refractivity contribution >= 4 is 19.9 Å². The van der Waals surface area contributed by atoms with Gasteiger partial charge in [0.05, 0.1) is 37.1 Å². The summed E-state index contributed by atoms with van der Waals surface area (Å²) in [6, 6.07) is 3.26. The number of carbonyl (C=O) groups is 2.